The van der Waals surface area contributed by atoms with Crippen molar-refractivity contribution in [2.45, 2.75) is 129 Å². The number of hydrogen-bond donors (Lipinski definition) is 1. The fourth-order valence-corrected chi connectivity index (χ4v) is 3.30. The molecule has 0 aliphatic carbocycles. The fourth-order valence-electron chi connectivity index (χ4n) is 3.30. The van der Waals surface area contributed by atoms with Crippen LogP contribution in [0.1, 0.15) is 129 Å². The molecule has 0 aromatic heterocycles. The van der Waals surface area contributed by atoms with Gasteiger partial charge in [-0.25, -0.2) is 4.79 Å². The highest BCUT2D eigenvalue weighted by molar-refractivity contribution is 5.86. The quantitative estimate of drug-likeness (QED) is 0.188. The zero-order valence-corrected chi connectivity index (χ0v) is 17.2. The van der Waals surface area contributed by atoms with Gasteiger partial charge in [-0.15, -0.1) is 0 Å². The topological polar surface area (TPSA) is 37.3 Å². The zero-order valence-electron chi connectivity index (χ0n) is 17.2. The average molecular weight is 353 g/mol. The van der Waals surface area contributed by atoms with E-state index in [1.165, 1.54) is 89.9 Å². The van der Waals surface area contributed by atoms with Crippen LogP contribution in [-0.2, 0) is 4.79 Å². The number of carboxylic acid groups (broad SMARTS) is 1. The van der Waals surface area contributed by atoms with Crippen molar-refractivity contribution in [3.8, 4) is 0 Å². The normalized spacial score (nSPS) is 11.8. The highest BCUT2D eigenvalue weighted by Gasteiger charge is 2.06. The Labute approximate surface area is 157 Å². The monoisotopic (exact) mass is 352 g/mol. The van der Waals surface area contributed by atoms with Crippen LogP contribution in [0.4, 0.5) is 0 Å². The van der Waals surface area contributed by atoms with Crippen LogP contribution in [0, 0.1) is 0 Å². The van der Waals surface area contributed by atoms with Gasteiger partial charge in [0.1, 0.15) is 0 Å². The van der Waals surface area contributed by atoms with E-state index in [4.69, 9.17) is 0 Å². The summed E-state index contributed by atoms with van der Waals surface area (Å²) >= 11 is 0. The van der Waals surface area contributed by atoms with E-state index in [1.807, 2.05) is 6.08 Å². The molecule has 0 radical (unpaired) electrons. The first-order chi connectivity index (χ1) is 12.2. The van der Waals surface area contributed by atoms with Crippen molar-refractivity contribution in [2.24, 2.45) is 0 Å². The molecule has 0 atom stereocenters. The fraction of sp³-hybridized carbons (Fsp3) is 0.870. The third-order valence-corrected chi connectivity index (χ3v) is 5.02. The van der Waals surface area contributed by atoms with E-state index >= 15 is 0 Å². The number of carboxylic acids is 1. The molecule has 0 aliphatic rings. The van der Waals surface area contributed by atoms with E-state index in [1.54, 1.807) is 0 Å². The van der Waals surface area contributed by atoms with Gasteiger partial charge in [-0.05, 0) is 25.7 Å². The minimum absolute atomic E-state index is 0.646. The van der Waals surface area contributed by atoms with Gasteiger partial charge in [0.25, 0.3) is 0 Å². The Kier molecular flexibility index (Phi) is 18.9. The van der Waals surface area contributed by atoms with Crippen LogP contribution in [0.2, 0.25) is 0 Å². The Hall–Kier alpha value is -0.790. The molecule has 0 fully saturated rings. The maximum absolute atomic E-state index is 11.3. The standard InChI is InChI=1S/C23H44O2/c1-3-5-7-9-11-12-13-15-17-19-21-22(23(24)25)20-18-16-14-10-8-6-4-2/h20H,3-19,21H2,1-2H3,(H,24,25). The molecule has 0 aliphatic heterocycles. The van der Waals surface area contributed by atoms with Crippen LogP contribution in [0.3, 0.4) is 0 Å². The van der Waals surface area contributed by atoms with Crippen LogP contribution >= 0.6 is 0 Å². The summed E-state index contributed by atoms with van der Waals surface area (Å²) in [7, 11) is 0. The van der Waals surface area contributed by atoms with E-state index in [0.29, 0.717) is 5.57 Å². The lowest BCUT2D eigenvalue weighted by molar-refractivity contribution is -0.132. The van der Waals surface area contributed by atoms with Crippen molar-refractivity contribution < 1.29 is 9.90 Å². The summed E-state index contributed by atoms with van der Waals surface area (Å²) in [6.45, 7) is 4.49. The average Bonchev–Trinajstić information content (AvgIpc) is 2.60. The zero-order chi connectivity index (χ0) is 18.6. The van der Waals surface area contributed by atoms with E-state index in [-0.39, 0.29) is 0 Å². The summed E-state index contributed by atoms with van der Waals surface area (Å²) in [5.41, 5.74) is 0.646. The molecule has 0 spiro atoms. The van der Waals surface area contributed by atoms with Crippen molar-refractivity contribution >= 4 is 5.97 Å². The second-order valence-corrected chi connectivity index (χ2v) is 7.52. The Morgan fingerprint density at radius 3 is 1.48 bits per heavy atom. The molecule has 0 heterocycles. The van der Waals surface area contributed by atoms with E-state index in [9.17, 15) is 9.90 Å². The molecule has 0 aromatic rings. The molecule has 1 N–H and O–H groups in total. The summed E-state index contributed by atoms with van der Waals surface area (Å²) < 4.78 is 0. The van der Waals surface area contributed by atoms with Gasteiger partial charge >= 0.3 is 5.97 Å². The smallest absolute Gasteiger partial charge is 0.331 e. The lowest BCUT2D eigenvalue weighted by Gasteiger charge is -2.04. The Morgan fingerprint density at radius 2 is 1.04 bits per heavy atom. The van der Waals surface area contributed by atoms with E-state index in [2.05, 4.69) is 13.8 Å². The maximum Gasteiger partial charge on any atom is 0.331 e. The Morgan fingerprint density at radius 1 is 0.640 bits per heavy atom. The van der Waals surface area contributed by atoms with E-state index < -0.39 is 5.97 Å². The lowest BCUT2D eigenvalue weighted by atomic mass is 10.0. The highest BCUT2D eigenvalue weighted by atomic mass is 16.4. The minimum Gasteiger partial charge on any atom is -0.478 e. The molecular formula is C23H44O2. The summed E-state index contributed by atoms with van der Waals surface area (Å²) in [5, 5.41) is 9.32. The Balaban J connectivity index is 3.59. The second kappa shape index (κ2) is 19.5. The second-order valence-electron chi connectivity index (χ2n) is 7.52. The summed E-state index contributed by atoms with van der Waals surface area (Å²) in [4.78, 5) is 11.3. The molecular weight excluding hydrogens is 308 g/mol. The number of hydrogen-bond acceptors (Lipinski definition) is 1. The molecule has 0 saturated heterocycles. The summed E-state index contributed by atoms with van der Waals surface area (Å²) in [6, 6.07) is 0. The van der Waals surface area contributed by atoms with Gasteiger partial charge in [0.05, 0.1) is 0 Å². The molecule has 0 bridgehead atoms. The van der Waals surface area contributed by atoms with Gasteiger partial charge in [-0.3, -0.25) is 0 Å². The number of unbranched alkanes of at least 4 members (excludes halogenated alkanes) is 15. The predicted molar refractivity (Wildman–Crippen MR) is 110 cm³/mol. The number of aliphatic carboxylic acids is 1. The van der Waals surface area contributed by atoms with Crippen LogP contribution in [0.15, 0.2) is 11.6 Å². The number of allylic oxidation sites excluding steroid dienone is 1. The Bertz CT molecular complexity index is 320. The maximum atomic E-state index is 11.3. The van der Waals surface area contributed by atoms with Gasteiger partial charge in [0.2, 0.25) is 0 Å². The van der Waals surface area contributed by atoms with Crippen molar-refractivity contribution in [1.82, 2.24) is 0 Å². The molecule has 148 valence electrons. The molecule has 0 unspecified atom stereocenters. The van der Waals surface area contributed by atoms with Gasteiger partial charge in [0, 0.05) is 5.57 Å². The number of carbonyl (C=O) groups is 1. The third kappa shape index (κ3) is 17.8. The largest absolute Gasteiger partial charge is 0.478 e. The molecule has 25 heavy (non-hydrogen) atoms. The van der Waals surface area contributed by atoms with Crippen LogP contribution < -0.4 is 0 Å². The van der Waals surface area contributed by atoms with E-state index in [0.717, 1.165) is 25.7 Å². The van der Waals surface area contributed by atoms with Crippen LogP contribution in [0.25, 0.3) is 0 Å². The van der Waals surface area contributed by atoms with Crippen molar-refractivity contribution in [3.05, 3.63) is 11.6 Å². The predicted octanol–water partition coefficient (Wildman–Crippen LogP) is 8.06. The first-order valence-corrected chi connectivity index (χ1v) is 11.1. The van der Waals surface area contributed by atoms with Gasteiger partial charge in [-0.2, -0.15) is 0 Å². The van der Waals surface area contributed by atoms with Crippen molar-refractivity contribution in [3.63, 3.8) is 0 Å². The van der Waals surface area contributed by atoms with Gasteiger partial charge in [-0.1, -0.05) is 110 Å². The first-order valence-electron chi connectivity index (χ1n) is 11.1. The summed E-state index contributed by atoms with van der Waals surface area (Å²) in [6.07, 6.45) is 24.3. The third-order valence-electron chi connectivity index (χ3n) is 5.02. The highest BCUT2D eigenvalue weighted by Crippen LogP contribution is 2.15. The lowest BCUT2D eigenvalue weighted by Crippen LogP contribution is -2.00. The minimum atomic E-state index is -0.707. The van der Waals surface area contributed by atoms with Crippen LogP contribution in [0.5, 0.6) is 0 Å². The molecule has 2 heteroatoms. The molecule has 0 saturated carbocycles. The van der Waals surface area contributed by atoms with Gasteiger partial charge < -0.3 is 5.11 Å². The molecule has 0 rings (SSSR count). The molecule has 0 amide bonds. The van der Waals surface area contributed by atoms with Crippen LogP contribution in [-0.4, -0.2) is 11.1 Å². The summed E-state index contributed by atoms with van der Waals surface area (Å²) in [5.74, 6) is -0.707. The number of rotatable bonds is 19. The van der Waals surface area contributed by atoms with Crippen molar-refractivity contribution in [2.75, 3.05) is 0 Å². The van der Waals surface area contributed by atoms with Gasteiger partial charge in [0.15, 0.2) is 0 Å². The SMILES string of the molecule is CCCCCCCCC=C(CCCCCCCCCCCC)C(=O)O. The van der Waals surface area contributed by atoms with Crippen molar-refractivity contribution in [1.29, 1.82) is 0 Å². The molecule has 2 nitrogen and oxygen atoms in total. The molecule has 0 aromatic carbocycles. The first kappa shape index (κ1) is 24.2.